The molecule has 2 heterocycles. The van der Waals surface area contributed by atoms with Gasteiger partial charge in [-0.1, -0.05) is 24.9 Å². The highest BCUT2D eigenvalue weighted by molar-refractivity contribution is 6.30. The predicted molar refractivity (Wildman–Crippen MR) is 72.3 cm³/mol. The van der Waals surface area contributed by atoms with Crippen LogP contribution in [-0.4, -0.2) is 26.3 Å². The summed E-state index contributed by atoms with van der Waals surface area (Å²) in [5.41, 5.74) is 1.07. The van der Waals surface area contributed by atoms with Gasteiger partial charge in [-0.2, -0.15) is 5.10 Å². The Morgan fingerprint density at radius 2 is 2.17 bits per heavy atom. The largest absolute Gasteiger partial charge is 0.370 e. The van der Waals surface area contributed by atoms with Crippen molar-refractivity contribution >= 4 is 17.4 Å². The van der Waals surface area contributed by atoms with Crippen molar-refractivity contribution in [3.8, 4) is 5.82 Å². The van der Waals surface area contributed by atoms with Crippen LogP contribution in [-0.2, 0) is 6.42 Å². The van der Waals surface area contributed by atoms with E-state index in [1.807, 2.05) is 6.92 Å². The molecular weight excluding hydrogens is 250 g/mol. The van der Waals surface area contributed by atoms with E-state index in [-0.39, 0.29) is 0 Å². The van der Waals surface area contributed by atoms with Crippen LogP contribution in [0.4, 0.5) is 5.82 Å². The van der Waals surface area contributed by atoms with Crippen LogP contribution in [0.1, 0.15) is 25.8 Å². The second kappa shape index (κ2) is 5.82. The van der Waals surface area contributed by atoms with Gasteiger partial charge in [0.2, 0.25) is 0 Å². The molecule has 0 bridgehead atoms. The van der Waals surface area contributed by atoms with Crippen molar-refractivity contribution in [2.24, 2.45) is 0 Å². The van der Waals surface area contributed by atoms with E-state index < -0.39 is 0 Å². The maximum absolute atomic E-state index is 5.90. The lowest BCUT2D eigenvalue weighted by Crippen LogP contribution is -2.10. The average molecular weight is 266 g/mol. The molecule has 2 aromatic heterocycles. The van der Waals surface area contributed by atoms with Crippen LogP contribution in [0.2, 0.25) is 5.02 Å². The van der Waals surface area contributed by atoms with E-state index in [1.165, 1.54) is 0 Å². The number of rotatable bonds is 5. The van der Waals surface area contributed by atoms with Gasteiger partial charge in [-0.25, -0.2) is 14.6 Å². The predicted octanol–water partition coefficient (Wildman–Crippen LogP) is 2.70. The first-order valence-electron chi connectivity index (χ1n) is 6.04. The molecule has 0 fully saturated rings. The van der Waals surface area contributed by atoms with Gasteiger partial charge in [0.1, 0.15) is 12.1 Å². The van der Waals surface area contributed by atoms with Gasteiger partial charge in [-0.15, -0.1) is 0 Å². The summed E-state index contributed by atoms with van der Waals surface area (Å²) in [4.78, 5) is 8.60. The highest BCUT2D eigenvalue weighted by atomic mass is 35.5. The third-order valence-corrected chi connectivity index (χ3v) is 2.73. The zero-order valence-electron chi connectivity index (χ0n) is 10.5. The van der Waals surface area contributed by atoms with Gasteiger partial charge in [-0.05, 0) is 13.3 Å². The van der Waals surface area contributed by atoms with Crippen molar-refractivity contribution in [1.82, 2.24) is 19.7 Å². The summed E-state index contributed by atoms with van der Waals surface area (Å²) in [6, 6.07) is 0. The molecule has 6 heteroatoms. The maximum Gasteiger partial charge on any atom is 0.162 e. The van der Waals surface area contributed by atoms with Crippen LogP contribution in [0, 0.1) is 0 Å². The van der Waals surface area contributed by atoms with Gasteiger partial charge in [0.15, 0.2) is 5.82 Å². The van der Waals surface area contributed by atoms with Crippen molar-refractivity contribution in [1.29, 1.82) is 0 Å². The topological polar surface area (TPSA) is 55.6 Å². The number of hydrogen-bond donors (Lipinski definition) is 1. The Morgan fingerprint density at radius 1 is 1.33 bits per heavy atom. The molecule has 0 aromatic carbocycles. The molecule has 0 aliphatic carbocycles. The molecule has 0 saturated carbocycles. The monoisotopic (exact) mass is 265 g/mol. The molecule has 0 unspecified atom stereocenters. The fourth-order valence-corrected chi connectivity index (χ4v) is 1.95. The van der Waals surface area contributed by atoms with Crippen LogP contribution in [0.5, 0.6) is 0 Å². The van der Waals surface area contributed by atoms with Gasteiger partial charge >= 0.3 is 0 Å². The molecule has 18 heavy (non-hydrogen) atoms. The molecule has 0 aliphatic heterocycles. The Labute approximate surface area is 111 Å². The highest BCUT2D eigenvalue weighted by Gasteiger charge is 2.12. The fourth-order valence-electron chi connectivity index (χ4n) is 1.82. The van der Waals surface area contributed by atoms with Gasteiger partial charge in [-0.3, -0.25) is 0 Å². The molecule has 0 radical (unpaired) electrons. The van der Waals surface area contributed by atoms with Crippen molar-refractivity contribution < 1.29 is 0 Å². The molecule has 5 nitrogen and oxygen atoms in total. The van der Waals surface area contributed by atoms with E-state index in [0.29, 0.717) is 5.02 Å². The number of nitrogens with one attached hydrogen (secondary N) is 1. The van der Waals surface area contributed by atoms with Crippen LogP contribution < -0.4 is 5.32 Å². The van der Waals surface area contributed by atoms with E-state index in [0.717, 1.165) is 36.6 Å². The van der Waals surface area contributed by atoms with E-state index in [1.54, 1.807) is 23.4 Å². The summed E-state index contributed by atoms with van der Waals surface area (Å²) in [6.45, 7) is 5.00. The van der Waals surface area contributed by atoms with Crippen molar-refractivity contribution in [2.45, 2.75) is 26.7 Å². The molecule has 2 aromatic rings. The molecule has 0 spiro atoms. The first kappa shape index (κ1) is 12.8. The SMILES string of the molecule is CCCc1c(NCC)ncnc1-n1cc(Cl)cn1. The third kappa shape index (κ3) is 2.61. The van der Waals surface area contributed by atoms with Gasteiger partial charge in [0, 0.05) is 12.1 Å². The highest BCUT2D eigenvalue weighted by Crippen LogP contribution is 2.21. The van der Waals surface area contributed by atoms with Crippen LogP contribution in [0.3, 0.4) is 0 Å². The Balaban J connectivity index is 2.48. The molecule has 1 N–H and O–H groups in total. The molecule has 0 amide bonds. The summed E-state index contributed by atoms with van der Waals surface area (Å²) < 4.78 is 1.69. The zero-order chi connectivity index (χ0) is 13.0. The van der Waals surface area contributed by atoms with E-state index in [9.17, 15) is 0 Å². The summed E-state index contributed by atoms with van der Waals surface area (Å²) in [5.74, 6) is 1.66. The first-order valence-corrected chi connectivity index (χ1v) is 6.42. The number of hydrogen-bond acceptors (Lipinski definition) is 4. The zero-order valence-corrected chi connectivity index (χ0v) is 11.3. The Kier molecular flexibility index (Phi) is 4.15. The minimum Gasteiger partial charge on any atom is -0.370 e. The number of nitrogens with zero attached hydrogens (tertiary/aromatic N) is 4. The maximum atomic E-state index is 5.90. The Morgan fingerprint density at radius 3 is 2.78 bits per heavy atom. The number of anilines is 1. The first-order chi connectivity index (χ1) is 8.76. The molecular formula is C12H16ClN5. The summed E-state index contributed by atoms with van der Waals surface area (Å²) >= 11 is 5.90. The van der Waals surface area contributed by atoms with E-state index >= 15 is 0 Å². The lowest BCUT2D eigenvalue weighted by molar-refractivity contribution is 0.799. The smallest absolute Gasteiger partial charge is 0.162 e. The molecule has 0 atom stereocenters. The van der Waals surface area contributed by atoms with Gasteiger partial charge in [0.05, 0.1) is 17.4 Å². The quantitative estimate of drug-likeness (QED) is 0.903. The molecule has 0 saturated heterocycles. The summed E-state index contributed by atoms with van der Waals surface area (Å²) in [5, 5.41) is 8.05. The van der Waals surface area contributed by atoms with Crippen LogP contribution >= 0.6 is 11.6 Å². The summed E-state index contributed by atoms with van der Waals surface area (Å²) in [7, 11) is 0. The normalized spacial score (nSPS) is 10.6. The summed E-state index contributed by atoms with van der Waals surface area (Å²) in [6.07, 6.45) is 6.82. The lowest BCUT2D eigenvalue weighted by atomic mass is 10.1. The van der Waals surface area contributed by atoms with E-state index in [2.05, 4.69) is 27.3 Å². The number of aromatic nitrogens is 4. The standard InChI is InChI=1S/C12H16ClN5/c1-3-5-10-11(14-4-2)15-8-16-12(10)18-7-9(13)6-17-18/h6-8H,3-5H2,1-2H3,(H,14,15,16). The Bertz CT molecular complexity index is 523. The second-order valence-corrected chi connectivity index (χ2v) is 4.34. The minimum atomic E-state index is 0.598. The van der Waals surface area contributed by atoms with Crippen molar-refractivity contribution in [3.05, 3.63) is 29.3 Å². The lowest BCUT2D eigenvalue weighted by Gasteiger charge is -2.12. The van der Waals surface area contributed by atoms with Crippen LogP contribution in [0.15, 0.2) is 18.7 Å². The molecule has 2 rings (SSSR count). The minimum absolute atomic E-state index is 0.598. The van der Waals surface area contributed by atoms with Crippen molar-refractivity contribution in [3.63, 3.8) is 0 Å². The number of halogens is 1. The molecule has 0 aliphatic rings. The average Bonchev–Trinajstić information content (AvgIpc) is 2.78. The van der Waals surface area contributed by atoms with E-state index in [4.69, 9.17) is 11.6 Å². The second-order valence-electron chi connectivity index (χ2n) is 3.91. The van der Waals surface area contributed by atoms with Gasteiger partial charge in [0.25, 0.3) is 0 Å². The molecule has 96 valence electrons. The third-order valence-electron chi connectivity index (χ3n) is 2.53. The van der Waals surface area contributed by atoms with Crippen LogP contribution in [0.25, 0.3) is 5.82 Å². The van der Waals surface area contributed by atoms with Gasteiger partial charge < -0.3 is 5.32 Å². The Hall–Kier alpha value is -1.62. The fraction of sp³-hybridized carbons (Fsp3) is 0.417. The van der Waals surface area contributed by atoms with Crippen molar-refractivity contribution in [2.75, 3.05) is 11.9 Å².